The minimum absolute atomic E-state index is 0.00646. The number of urea groups is 1. The van der Waals surface area contributed by atoms with Gasteiger partial charge in [0, 0.05) is 53.8 Å². The van der Waals surface area contributed by atoms with Gasteiger partial charge in [-0.25, -0.2) is 9.59 Å². The number of imidazole rings is 1. The van der Waals surface area contributed by atoms with Gasteiger partial charge in [0.05, 0.1) is 11.4 Å². The third-order valence-electron chi connectivity index (χ3n) is 10.4. The van der Waals surface area contributed by atoms with Crippen LogP contribution in [0.4, 0.5) is 10.5 Å². The van der Waals surface area contributed by atoms with Crippen LogP contribution in [-0.4, -0.2) is 88.5 Å². The van der Waals surface area contributed by atoms with Crippen molar-refractivity contribution in [2.75, 3.05) is 52.0 Å². The minimum atomic E-state index is -0.705. The number of hydrogen-bond donors (Lipinski definition) is 3. The van der Waals surface area contributed by atoms with Crippen molar-refractivity contribution in [2.24, 2.45) is 11.8 Å². The molecule has 4 heterocycles. The lowest BCUT2D eigenvalue weighted by Crippen LogP contribution is -2.55. The zero-order valence-electron chi connectivity index (χ0n) is 27.0. The average molecular weight is 772 g/mol. The number of nitrogens with two attached hydrogens (primary N) is 1. The maximum atomic E-state index is 14.1. The summed E-state index contributed by atoms with van der Waals surface area (Å²) in [7, 11) is 2.19. The number of nitrogens with one attached hydrogen (secondary N) is 2. The average Bonchev–Trinajstić information content (AvgIpc) is 3.48. The van der Waals surface area contributed by atoms with Gasteiger partial charge < -0.3 is 30.7 Å². The molecule has 2 aromatic carbocycles. The standard InChI is InChI=1S/C35H45Br2N7O3/c1-41-13-7-24(8-14-41)25-9-15-42(16-10-25)33(45)30(21-23-19-28(36)32(38)29(37)20-23)39-34(46)43-17-11-27(12-18-43)44-22-31(40-35(44)47)26-5-3-2-4-6-26/h2-6,19-20,22,24-25,27,30H,7-18,21,38H2,1H3,(H,39,46)(H,40,47)/t30-/m1/s1. The fourth-order valence-corrected chi connectivity index (χ4v) is 8.82. The first kappa shape index (κ1) is 33.8. The smallest absolute Gasteiger partial charge is 0.326 e. The zero-order valence-corrected chi connectivity index (χ0v) is 30.1. The van der Waals surface area contributed by atoms with Gasteiger partial charge in [0.15, 0.2) is 0 Å². The van der Waals surface area contributed by atoms with Gasteiger partial charge in [-0.05, 0) is 126 Å². The molecule has 0 aliphatic carbocycles. The number of hydrogen-bond acceptors (Lipinski definition) is 5. The second-order valence-electron chi connectivity index (χ2n) is 13.4. The van der Waals surface area contributed by atoms with E-state index in [0.29, 0.717) is 44.0 Å². The highest BCUT2D eigenvalue weighted by atomic mass is 79.9. The molecule has 3 aliphatic rings. The Morgan fingerprint density at radius 3 is 2.09 bits per heavy atom. The molecule has 1 aromatic heterocycles. The lowest BCUT2D eigenvalue weighted by atomic mass is 9.79. The van der Waals surface area contributed by atoms with Crippen LogP contribution in [0, 0.1) is 11.8 Å². The maximum Gasteiger partial charge on any atom is 0.326 e. The van der Waals surface area contributed by atoms with Crippen LogP contribution in [0.2, 0.25) is 0 Å². The number of halogens is 2. The number of aromatic nitrogens is 2. The Labute approximate surface area is 293 Å². The van der Waals surface area contributed by atoms with Gasteiger partial charge in [0.2, 0.25) is 5.91 Å². The summed E-state index contributed by atoms with van der Waals surface area (Å²) in [5, 5.41) is 3.11. The van der Waals surface area contributed by atoms with Crippen molar-refractivity contribution in [1.29, 1.82) is 0 Å². The van der Waals surface area contributed by atoms with Crippen LogP contribution < -0.4 is 16.7 Å². The number of H-pyrrole nitrogens is 1. The highest BCUT2D eigenvalue weighted by molar-refractivity contribution is 9.11. The van der Waals surface area contributed by atoms with Crippen molar-refractivity contribution in [3.05, 3.63) is 73.7 Å². The number of amides is 3. The molecule has 12 heteroatoms. The Morgan fingerprint density at radius 2 is 1.47 bits per heavy atom. The molecule has 10 nitrogen and oxygen atoms in total. The molecule has 0 saturated carbocycles. The Kier molecular flexibility index (Phi) is 10.8. The lowest BCUT2D eigenvalue weighted by Gasteiger charge is -2.40. The number of anilines is 1. The normalized spacial score (nSPS) is 19.6. The molecule has 3 aliphatic heterocycles. The van der Waals surface area contributed by atoms with Gasteiger partial charge in [-0.1, -0.05) is 30.3 Å². The highest BCUT2D eigenvalue weighted by Crippen LogP contribution is 2.33. The van der Waals surface area contributed by atoms with Gasteiger partial charge in [0.1, 0.15) is 6.04 Å². The second-order valence-corrected chi connectivity index (χ2v) is 15.2. The Morgan fingerprint density at radius 1 is 0.894 bits per heavy atom. The maximum absolute atomic E-state index is 14.1. The molecule has 0 bridgehead atoms. The number of nitrogens with zero attached hydrogens (tertiary/aromatic N) is 4. The summed E-state index contributed by atoms with van der Waals surface area (Å²) < 4.78 is 3.25. The van der Waals surface area contributed by atoms with Gasteiger partial charge in [-0.15, -0.1) is 0 Å². The third-order valence-corrected chi connectivity index (χ3v) is 11.7. The fraction of sp³-hybridized carbons (Fsp3) is 0.514. The summed E-state index contributed by atoms with van der Waals surface area (Å²) in [5.41, 5.74) is 9.24. The third kappa shape index (κ3) is 7.97. The summed E-state index contributed by atoms with van der Waals surface area (Å²) in [4.78, 5) is 49.7. The first-order valence-electron chi connectivity index (χ1n) is 16.8. The van der Waals surface area contributed by atoms with Gasteiger partial charge in [0.25, 0.3) is 0 Å². The number of carbonyl (C=O) groups excluding carboxylic acids is 2. The van der Waals surface area contributed by atoms with Crippen LogP contribution in [0.5, 0.6) is 0 Å². The van der Waals surface area contributed by atoms with Crippen molar-refractivity contribution in [3.63, 3.8) is 0 Å². The van der Waals surface area contributed by atoms with Crippen molar-refractivity contribution in [3.8, 4) is 11.3 Å². The molecular weight excluding hydrogens is 726 g/mol. The van der Waals surface area contributed by atoms with E-state index in [9.17, 15) is 14.4 Å². The summed E-state index contributed by atoms with van der Waals surface area (Å²) in [6.45, 7) is 4.74. The quantitative estimate of drug-likeness (QED) is 0.275. The molecule has 1 atom stereocenters. The fourth-order valence-electron chi connectivity index (χ4n) is 7.53. The number of nitrogen functional groups attached to an aromatic ring is 1. The first-order chi connectivity index (χ1) is 22.7. The van der Waals surface area contributed by atoms with Crippen molar-refractivity contribution in [2.45, 2.75) is 57.0 Å². The van der Waals surface area contributed by atoms with E-state index in [4.69, 9.17) is 5.73 Å². The molecule has 0 spiro atoms. The van der Waals surface area contributed by atoms with Gasteiger partial charge >= 0.3 is 11.7 Å². The van der Waals surface area contributed by atoms with Crippen LogP contribution in [0.1, 0.15) is 50.1 Å². The molecule has 3 aromatic rings. The number of piperidine rings is 3. The molecule has 6 rings (SSSR count). The summed E-state index contributed by atoms with van der Waals surface area (Å²) in [6.07, 6.45) is 8.03. The Bertz CT molecular complexity index is 1580. The number of likely N-dealkylation sites (tertiary alicyclic amines) is 3. The number of aromatic amines is 1. The topological polar surface area (TPSA) is 120 Å². The molecule has 47 heavy (non-hydrogen) atoms. The van der Waals surface area contributed by atoms with E-state index in [0.717, 1.165) is 70.7 Å². The van der Waals surface area contributed by atoms with Crippen LogP contribution in [0.25, 0.3) is 11.3 Å². The van der Waals surface area contributed by atoms with E-state index < -0.39 is 6.04 Å². The Balaban J connectivity index is 1.10. The van der Waals surface area contributed by atoms with Crippen LogP contribution in [0.3, 0.4) is 0 Å². The molecule has 3 fully saturated rings. The number of rotatable bonds is 7. The van der Waals surface area contributed by atoms with Crippen molar-refractivity contribution >= 4 is 49.5 Å². The summed E-state index contributed by atoms with van der Waals surface area (Å²) in [6, 6.07) is 12.7. The zero-order chi connectivity index (χ0) is 33.1. The molecule has 3 amide bonds. The van der Waals surface area contributed by atoms with Crippen LogP contribution in [-0.2, 0) is 11.2 Å². The van der Waals surface area contributed by atoms with Gasteiger partial charge in [-0.3, -0.25) is 9.36 Å². The van der Waals surface area contributed by atoms with Crippen molar-refractivity contribution in [1.82, 2.24) is 29.6 Å². The predicted octanol–water partition coefficient (Wildman–Crippen LogP) is 5.49. The van der Waals surface area contributed by atoms with Crippen LogP contribution >= 0.6 is 31.9 Å². The summed E-state index contributed by atoms with van der Waals surface area (Å²) >= 11 is 7.06. The SMILES string of the molecule is CN1CCC(C2CCN(C(=O)[C@@H](Cc3cc(Br)c(N)c(Br)c3)NC(=O)N3CCC(n4cc(-c5ccccc5)[nH]c4=O)CC3)CC2)CC1. The van der Waals surface area contributed by atoms with E-state index in [1.54, 1.807) is 9.47 Å². The molecule has 0 unspecified atom stereocenters. The molecule has 3 saturated heterocycles. The number of carbonyl (C=O) groups is 2. The lowest BCUT2D eigenvalue weighted by molar-refractivity contribution is -0.135. The van der Waals surface area contributed by atoms with E-state index >= 15 is 0 Å². The first-order valence-corrected chi connectivity index (χ1v) is 18.4. The largest absolute Gasteiger partial charge is 0.397 e. The highest BCUT2D eigenvalue weighted by Gasteiger charge is 2.34. The van der Waals surface area contributed by atoms with Gasteiger partial charge in [-0.2, -0.15) is 0 Å². The monoisotopic (exact) mass is 769 g/mol. The van der Waals surface area contributed by atoms with Crippen molar-refractivity contribution < 1.29 is 9.59 Å². The minimum Gasteiger partial charge on any atom is -0.397 e. The molecular formula is C35H45Br2N7O3. The van der Waals surface area contributed by atoms with E-state index in [2.05, 4.69) is 54.1 Å². The van der Waals surface area contributed by atoms with Crippen LogP contribution in [0.15, 0.2) is 62.4 Å². The van der Waals surface area contributed by atoms with E-state index in [1.807, 2.05) is 53.6 Å². The van der Waals surface area contributed by atoms with E-state index in [1.165, 1.54) is 12.8 Å². The van der Waals surface area contributed by atoms with E-state index in [-0.39, 0.29) is 23.7 Å². The second kappa shape index (κ2) is 15.0. The molecule has 252 valence electrons. The molecule has 4 N–H and O–H groups in total. The predicted molar refractivity (Wildman–Crippen MR) is 192 cm³/mol. The summed E-state index contributed by atoms with van der Waals surface area (Å²) in [5.74, 6) is 1.35. The number of benzene rings is 2. The molecule has 0 radical (unpaired) electrons. The Hall–Kier alpha value is -3.09.